The van der Waals surface area contributed by atoms with E-state index in [9.17, 15) is 9.90 Å². The van der Waals surface area contributed by atoms with Gasteiger partial charge in [-0.05, 0) is 67.4 Å². The quantitative estimate of drug-likeness (QED) is 0.736. The van der Waals surface area contributed by atoms with Crippen LogP contribution in [0.4, 0.5) is 0 Å². The number of fused-ring (bicyclic) bond motifs is 5. The fourth-order valence-corrected chi connectivity index (χ4v) is 6.57. The van der Waals surface area contributed by atoms with Crippen LogP contribution in [0, 0.1) is 34.5 Å². The normalized spacial score (nSPS) is 53.5. The van der Waals surface area contributed by atoms with Crippen molar-refractivity contribution in [1.82, 2.24) is 0 Å². The Morgan fingerprint density at radius 1 is 1.23 bits per heavy atom. The van der Waals surface area contributed by atoms with Crippen molar-refractivity contribution in [2.24, 2.45) is 34.5 Å². The maximum atomic E-state index is 11.8. The van der Waals surface area contributed by atoms with Crippen molar-refractivity contribution in [3.05, 3.63) is 23.8 Å². The highest BCUT2D eigenvalue weighted by Gasteiger charge is 2.60. The summed E-state index contributed by atoms with van der Waals surface area (Å²) in [6.45, 7) is 7.05. The van der Waals surface area contributed by atoms with Crippen LogP contribution in [-0.2, 0) is 4.79 Å². The number of carbonyl (C=O) groups is 1. The number of aliphatic hydroxyl groups excluding tert-OH is 1. The Morgan fingerprint density at radius 3 is 2.77 bits per heavy atom. The third-order valence-electron chi connectivity index (χ3n) is 7.97. The fraction of sp³-hybridized carbons (Fsp3) is 0.750. The predicted octanol–water partition coefficient (Wildman–Crippen LogP) is 3.90. The van der Waals surface area contributed by atoms with E-state index in [-0.39, 0.29) is 17.3 Å². The molecule has 0 unspecified atom stereocenters. The molecule has 4 rings (SSSR count). The molecule has 0 aromatic carbocycles. The number of aliphatic hydroxyl groups is 1. The SMILES string of the molecule is C[C@@H]1CC[C@H]2[C@@H]3CCC4=CC(=O)C=C[C@]4(C)[C@H]3[C@@H](O)C[C@]12C. The van der Waals surface area contributed by atoms with Gasteiger partial charge in [0.25, 0.3) is 0 Å². The van der Waals surface area contributed by atoms with Gasteiger partial charge in [-0.1, -0.05) is 32.4 Å². The summed E-state index contributed by atoms with van der Waals surface area (Å²) >= 11 is 0. The van der Waals surface area contributed by atoms with Crippen molar-refractivity contribution in [1.29, 1.82) is 0 Å². The highest BCUT2D eigenvalue weighted by molar-refractivity contribution is 6.01. The molecule has 22 heavy (non-hydrogen) atoms. The van der Waals surface area contributed by atoms with Crippen LogP contribution in [0.15, 0.2) is 23.8 Å². The van der Waals surface area contributed by atoms with Gasteiger partial charge in [-0.25, -0.2) is 0 Å². The number of allylic oxidation sites excluding steroid dienone is 4. The molecule has 3 fully saturated rings. The third-order valence-corrected chi connectivity index (χ3v) is 7.97. The lowest BCUT2D eigenvalue weighted by molar-refractivity contribution is -0.117. The van der Waals surface area contributed by atoms with Crippen LogP contribution >= 0.6 is 0 Å². The van der Waals surface area contributed by atoms with Gasteiger partial charge in [0.05, 0.1) is 6.10 Å². The minimum atomic E-state index is -0.238. The Balaban J connectivity index is 1.76. The standard InChI is InChI=1S/C20H28O2/c1-12-4-7-16-15-6-5-13-10-14(21)8-9-19(13,2)18(15)17(22)11-20(12,16)3/h8-10,12,15-18,22H,4-7,11H2,1-3H3/t12-,15+,16+,17+,18-,19+,20-/m1/s1. The van der Waals surface area contributed by atoms with E-state index in [1.54, 1.807) is 6.08 Å². The number of ketones is 1. The predicted molar refractivity (Wildman–Crippen MR) is 87.2 cm³/mol. The van der Waals surface area contributed by atoms with Crippen LogP contribution < -0.4 is 0 Å². The van der Waals surface area contributed by atoms with Crippen LogP contribution in [0.25, 0.3) is 0 Å². The van der Waals surface area contributed by atoms with Crippen molar-refractivity contribution < 1.29 is 9.90 Å². The molecule has 0 aromatic rings. The van der Waals surface area contributed by atoms with E-state index in [4.69, 9.17) is 0 Å². The molecule has 0 spiro atoms. The van der Waals surface area contributed by atoms with Gasteiger partial charge < -0.3 is 5.11 Å². The minimum Gasteiger partial charge on any atom is -0.393 e. The average molecular weight is 300 g/mol. The summed E-state index contributed by atoms with van der Waals surface area (Å²) < 4.78 is 0. The molecule has 0 bridgehead atoms. The van der Waals surface area contributed by atoms with E-state index in [2.05, 4.69) is 26.8 Å². The molecule has 0 heterocycles. The maximum absolute atomic E-state index is 11.8. The zero-order valence-electron chi connectivity index (χ0n) is 14.0. The van der Waals surface area contributed by atoms with E-state index in [1.165, 1.54) is 18.4 Å². The number of hydrogen-bond acceptors (Lipinski definition) is 2. The van der Waals surface area contributed by atoms with Crippen molar-refractivity contribution in [3.63, 3.8) is 0 Å². The first-order chi connectivity index (χ1) is 10.4. The largest absolute Gasteiger partial charge is 0.393 e. The first kappa shape index (κ1) is 14.7. The van der Waals surface area contributed by atoms with E-state index < -0.39 is 0 Å². The molecule has 2 nitrogen and oxygen atoms in total. The second-order valence-electron chi connectivity index (χ2n) is 8.78. The third kappa shape index (κ3) is 1.73. The summed E-state index contributed by atoms with van der Waals surface area (Å²) in [5.41, 5.74) is 1.46. The van der Waals surface area contributed by atoms with E-state index in [0.29, 0.717) is 17.3 Å². The highest BCUT2D eigenvalue weighted by atomic mass is 16.3. The van der Waals surface area contributed by atoms with Gasteiger partial charge in [0.1, 0.15) is 0 Å². The first-order valence-corrected chi connectivity index (χ1v) is 8.98. The average Bonchev–Trinajstić information content (AvgIpc) is 2.75. The van der Waals surface area contributed by atoms with Crippen LogP contribution in [0.1, 0.15) is 52.9 Å². The van der Waals surface area contributed by atoms with Crippen molar-refractivity contribution in [3.8, 4) is 0 Å². The molecular formula is C20H28O2. The Morgan fingerprint density at radius 2 is 2.00 bits per heavy atom. The molecule has 0 aromatic heterocycles. The van der Waals surface area contributed by atoms with Crippen molar-refractivity contribution >= 4 is 5.78 Å². The number of hydrogen-bond donors (Lipinski definition) is 1. The van der Waals surface area contributed by atoms with Crippen molar-refractivity contribution in [2.45, 2.75) is 59.0 Å². The van der Waals surface area contributed by atoms with Gasteiger partial charge in [0.15, 0.2) is 5.78 Å². The highest BCUT2D eigenvalue weighted by Crippen LogP contribution is 2.65. The molecule has 0 saturated heterocycles. The van der Waals surface area contributed by atoms with Gasteiger partial charge >= 0.3 is 0 Å². The lowest BCUT2D eigenvalue weighted by atomic mass is 9.47. The zero-order valence-corrected chi connectivity index (χ0v) is 14.0. The number of rotatable bonds is 0. The molecule has 0 radical (unpaired) electrons. The van der Waals surface area contributed by atoms with E-state index >= 15 is 0 Å². The molecule has 4 aliphatic carbocycles. The van der Waals surface area contributed by atoms with Crippen LogP contribution in [0.5, 0.6) is 0 Å². The molecule has 0 aliphatic heterocycles. The summed E-state index contributed by atoms with van der Waals surface area (Å²) in [6.07, 6.45) is 11.2. The van der Waals surface area contributed by atoms with Gasteiger partial charge in [-0.3, -0.25) is 4.79 Å². The zero-order chi connectivity index (χ0) is 15.7. The summed E-state index contributed by atoms with van der Waals surface area (Å²) in [4.78, 5) is 11.8. The molecule has 2 heteroatoms. The summed E-state index contributed by atoms with van der Waals surface area (Å²) in [6, 6.07) is 0. The topological polar surface area (TPSA) is 37.3 Å². The Hall–Kier alpha value is -0.890. The lowest BCUT2D eigenvalue weighted by Gasteiger charge is -2.58. The van der Waals surface area contributed by atoms with Gasteiger partial charge in [-0.2, -0.15) is 0 Å². The minimum absolute atomic E-state index is 0.108. The Labute approximate surface area is 133 Å². The van der Waals surface area contributed by atoms with E-state index in [0.717, 1.165) is 31.1 Å². The van der Waals surface area contributed by atoms with Crippen LogP contribution in [0.2, 0.25) is 0 Å². The van der Waals surface area contributed by atoms with E-state index in [1.807, 2.05) is 6.08 Å². The van der Waals surface area contributed by atoms with Crippen LogP contribution in [0.3, 0.4) is 0 Å². The first-order valence-electron chi connectivity index (χ1n) is 8.98. The molecule has 120 valence electrons. The smallest absolute Gasteiger partial charge is 0.178 e. The molecule has 3 saturated carbocycles. The molecule has 0 amide bonds. The van der Waals surface area contributed by atoms with Crippen LogP contribution in [-0.4, -0.2) is 17.0 Å². The second kappa shape index (κ2) is 4.56. The molecule has 1 N–H and O–H groups in total. The second-order valence-corrected chi connectivity index (χ2v) is 8.78. The molecule has 4 aliphatic rings. The fourth-order valence-electron chi connectivity index (χ4n) is 6.57. The monoisotopic (exact) mass is 300 g/mol. The Bertz CT molecular complexity index is 574. The Kier molecular flexibility index (Phi) is 3.05. The van der Waals surface area contributed by atoms with Gasteiger partial charge in [0, 0.05) is 11.3 Å². The van der Waals surface area contributed by atoms with Crippen molar-refractivity contribution in [2.75, 3.05) is 0 Å². The summed E-state index contributed by atoms with van der Waals surface area (Å²) in [7, 11) is 0. The van der Waals surface area contributed by atoms with Gasteiger partial charge in [-0.15, -0.1) is 0 Å². The molecular weight excluding hydrogens is 272 g/mol. The number of carbonyl (C=O) groups excluding carboxylic acids is 1. The maximum Gasteiger partial charge on any atom is 0.178 e. The lowest BCUT2D eigenvalue weighted by Crippen LogP contribution is -2.55. The summed E-state index contributed by atoms with van der Waals surface area (Å²) in [5.74, 6) is 2.50. The van der Waals surface area contributed by atoms with Gasteiger partial charge in [0.2, 0.25) is 0 Å². The molecule has 7 atom stereocenters. The summed E-state index contributed by atoms with van der Waals surface area (Å²) in [5, 5.41) is 11.1.